The second-order valence-corrected chi connectivity index (χ2v) is 7.13. The van der Waals surface area contributed by atoms with Crippen LogP contribution in [0.3, 0.4) is 0 Å². The number of nitrogens with one attached hydrogen (secondary N) is 4. The zero-order valence-corrected chi connectivity index (χ0v) is 18.5. The lowest BCUT2D eigenvalue weighted by Crippen LogP contribution is -2.27. The van der Waals surface area contributed by atoms with Gasteiger partial charge < -0.3 is 31.5 Å². The van der Waals surface area contributed by atoms with Crippen LogP contribution in [0.25, 0.3) is 0 Å². The van der Waals surface area contributed by atoms with Crippen molar-refractivity contribution in [3.63, 3.8) is 0 Å². The van der Waals surface area contributed by atoms with Crippen molar-refractivity contribution in [3.05, 3.63) is 58.7 Å². The fraction of sp³-hybridized carbons (Fsp3) is 0.304. The highest BCUT2D eigenvalue weighted by atomic mass is 16.3. The largest absolute Gasteiger partial charge is 0.506 e. The molecule has 0 fully saturated rings. The Balaban J connectivity index is 1.75. The maximum Gasteiger partial charge on any atom is 0.255 e. The number of benzene rings is 2. The molecule has 2 rings (SSSR count). The Bertz CT molecular complexity index is 956. The van der Waals surface area contributed by atoms with Gasteiger partial charge in [0.1, 0.15) is 11.5 Å². The first-order valence-electron chi connectivity index (χ1n) is 10.5. The van der Waals surface area contributed by atoms with Crippen LogP contribution in [0, 0.1) is 0 Å². The molecule has 0 aliphatic carbocycles. The van der Waals surface area contributed by atoms with E-state index in [9.17, 15) is 29.4 Å². The van der Waals surface area contributed by atoms with Crippen LogP contribution < -0.4 is 21.3 Å². The molecule has 33 heavy (non-hydrogen) atoms. The Morgan fingerprint density at radius 1 is 0.606 bits per heavy atom. The molecule has 10 nitrogen and oxygen atoms in total. The van der Waals surface area contributed by atoms with E-state index >= 15 is 0 Å². The number of amides is 4. The predicted octanol–water partition coefficient (Wildman–Crippen LogP) is 1.15. The predicted molar refractivity (Wildman–Crippen MR) is 122 cm³/mol. The highest BCUT2D eigenvalue weighted by Crippen LogP contribution is 2.23. The number of carbonyl (C=O) groups excluding carboxylic acids is 4. The number of aromatic hydroxyl groups is 2. The normalized spacial score (nSPS) is 10.2. The molecule has 0 aliphatic rings. The van der Waals surface area contributed by atoms with Gasteiger partial charge in [0.15, 0.2) is 0 Å². The molecule has 0 aliphatic heterocycles. The summed E-state index contributed by atoms with van der Waals surface area (Å²) in [6, 6.07) is 8.75. The third kappa shape index (κ3) is 6.45. The standard InChI is InChI=1S/C23H28N4O6/c1-24-20(30)14-8-6-10-16(18(14)28)22(32)26-12-4-3-5-13-27-23(33)17-11-7-9-15(19(17)29)21(31)25-2/h6-11,28-29H,3-5,12-13H2,1-2H3,(H,24,30)(H,25,31)(H,26,32)(H,27,33). The number of phenols is 2. The molecule has 176 valence electrons. The van der Waals surface area contributed by atoms with Crippen LogP contribution >= 0.6 is 0 Å². The van der Waals surface area contributed by atoms with E-state index < -0.39 is 23.6 Å². The fourth-order valence-electron chi connectivity index (χ4n) is 3.11. The Kier molecular flexibility index (Phi) is 9.22. The molecule has 0 radical (unpaired) electrons. The summed E-state index contributed by atoms with van der Waals surface area (Å²) >= 11 is 0. The van der Waals surface area contributed by atoms with Crippen LogP contribution in [-0.4, -0.2) is 61.0 Å². The van der Waals surface area contributed by atoms with Crippen molar-refractivity contribution in [1.82, 2.24) is 21.3 Å². The summed E-state index contributed by atoms with van der Waals surface area (Å²) in [7, 11) is 2.86. The molecule has 10 heteroatoms. The van der Waals surface area contributed by atoms with Gasteiger partial charge in [0.25, 0.3) is 23.6 Å². The minimum Gasteiger partial charge on any atom is -0.506 e. The van der Waals surface area contributed by atoms with Crippen molar-refractivity contribution >= 4 is 23.6 Å². The molecule has 2 aromatic rings. The summed E-state index contributed by atoms with van der Waals surface area (Å²) in [5.41, 5.74) is 0.0740. The van der Waals surface area contributed by atoms with E-state index in [1.165, 1.54) is 50.5 Å². The van der Waals surface area contributed by atoms with Gasteiger partial charge in [0, 0.05) is 27.2 Å². The molecular weight excluding hydrogens is 428 g/mol. The lowest BCUT2D eigenvalue weighted by atomic mass is 10.1. The van der Waals surface area contributed by atoms with Crippen LogP contribution in [0.1, 0.15) is 60.7 Å². The van der Waals surface area contributed by atoms with Crippen molar-refractivity contribution < 1.29 is 29.4 Å². The number of hydrogen-bond acceptors (Lipinski definition) is 6. The van der Waals surface area contributed by atoms with Gasteiger partial charge in [-0.05, 0) is 43.5 Å². The van der Waals surface area contributed by atoms with Gasteiger partial charge in [0.2, 0.25) is 0 Å². The molecular formula is C23H28N4O6. The fourth-order valence-corrected chi connectivity index (χ4v) is 3.11. The first kappa shape index (κ1) is 25.2. The van der Waals surface area contributed by atoms with Gasteiger partial charge in [-0.1, -0.05) is 12.1 Å². The van der Waals surface area contributed by atoms with E-state index in [2.05, 4.69) is 21.3 Å². The maximum absolute atomic E-state index is 12.3. The molecule has 0 saturated heterocycles. The second-order valence-electron chi connectivity index (χ2n) is 7.13. The van der Waals surface area contributed by atoms with E-state index in [1.807, 2.05) is 0 Å². The molecule has 6 N–H and O–H groups in total. The van der Waals surface area contributed by atoms with E-state index in [0.717, 1.165) is 0 Å². The second kappa shape index (κ2) is 12.1. The van der Waals surface area contributed by atoms with Crippen LogP contribution in [0.5, 0.6) is 11.5 Å². The van der Waals surface area contributed by atoms with E-state index in [1.54, 1.807) is 0 Å². The van der Waals surface area contributed by atoms with Crippen LogP contribution in [-0.2, 0) is 0 Å². The molecule has 4 amide bonds. The summed E-state index contributed by atoms with van der Waals surface area (Å²) in [5, 5.41) is 30.5. The smallest absolute Gasteiger partial charge is 0.255 e. The number of rotatable bonds is 10. The average molecular weight is 456 g/mol. The maximum atomic E-state index is 12.3. The number of carbonyl (C=O) groups is 4. The van der Waals surface area contributed by atoms with Crippen molar-refractivity contribution in [1.29, 1.82) is 0 Å². The third-order valence-corrected chi connectivity index (χ3v) is 4.93. The molecule has 0 unspecified atom stereocenters. The highest BCUT2D eigenvalue weighted by molar-refractivity contribution is 6.04. The van der Waals surface area contributed by atoms with Gasteiger partial charge in [0.05, 0.1) is 22.3 Å². The quantitative estimate of drug-likeness (QED) is 0.295. The number of unbranched alkanes of at least 4 members (excludes halogenated alkanes) is 2. The summed E-state index contributed by atoms with van der Waals surface area (Å²) < 4.78 is 0. The topological polar surface area (TPSA) is 157 Å². The van der Waals surface area contributed by atoms with Gasteiger partial charge in [-0.2, -0.15) is 0 Å². The molecule has 0 bridgehead atoms. The van der Waals surface area contributed by atoms with Crippen molar-refractivity contribution in [2.45, 2.75) is 19.3 Å². The zero-order valence-electron chi connectivity index (χ0n) is 18.5. The van der Waals surface area contributed by atoms with Gasteiger partial charge in [-0.15, -0.1) is 0 Å². The molecule has 0 heterocycles. The molecule has 0 saturated carbocycles. The molecule has 0 spiro atoms. The molecule has 2 aromatic carbocycles. The number of para-hydroxylation sites is 2. The summed E-state index contributed by atoms with van der Waals surface area (Å²) in [6.45, 7) is 0.705. The van der Waals surface area contributed by atoms with Gasteiger partial charge in [-0.3, -0.25) is 19.2 Å². The van der Waals surface area contributed by atoms with E-state index in [4.69, 9.17) is 0 Å². The van der Waals surface area contributed by atoms with E-state index in [-0.39, 0.29) is 33.8 Å². The summed E-state index contributed by atoms with van der Waals surface area (Å²) in [4.78, 5) is 48.0. The van der Waals surface area contributed by atoms with Crippen LogP contribution in [0.2, 0.25) is 0 Å². The third-order valence-electron chi connectivity index (χ3n) is 4.93. The minimum absolute atomic E-state index is 0.0159. The number of hydrogen-bond donors (Lipinski definition) is 6. The van der Waals surface area contributed by atoms with Crippen LogP contribution in [0.4, 0.5) is 0 Å². The summed E-state index contributed by atoms with van der Waals surface area (Å²) in [5.74, 6) is -2.70. The Labute approximate surface area is 191 Å². The average Bonchev–Trinajstić information content (AvgIpc) is 2.82. The lowest BCUT2D eigenvalue weighted by Gasteiger charge is -2.10. The minimum atomic E-state index is -0.488. The Morgan fingerprint density at radius 3 is 1.27 bits per heavy atom. The van der Waals surface area contributed by atoms with Gasteiger partial charge in [-0.25, -0.2) is 0 Å². The molecule has 0 aromatic heterocycles. The SMILES string of the molecule is CNC(=O)c1cccc(C(=O)NCCCCCNC(=O)c2cccc(C(=O)NC)c2O)c1O. The zero-order chi connectivity index (χ0) is 24.4. The first-order valence-corrected chi connectivity index (χ1v) is 10.5. The first-order chi connectivity index (χ1) is 15.8. The summed E-state index contributed by atoms with van der Waals surface area (Å²) in [6.07, 6.45) is 1.97. The Hall–Kier alpha value is -4.08. The van der Waals surface area contributed by atoms with Crippen molar-refractivity contribution in [3.8, 4) is 11.5 Å². The highest BCUT2D eigenvalue weighted by Gasteiger charge is 2.18. The van der Waals surface area contributed by atoms with E-state index in [0.29, 0.717) is 32.4 Å². The van der Waals surface area contributed by atoms with Gasteiger partial charge >= 0.3 is 0 Å². The van der Waals surface area contributed by atoms with Crippen molar-refractivity contribution in [2.24, 2.45) is 0 Å². The number of phenolic OH excluding ortho intramolecular Hbond substituents is 2. The monoisotopic (exact) mass is 456 g/mol. The van der Waals surface area contributed by atoms with Crippen molar-refractivity contribution in [2.75, 3.05) is 27.2 Å². The lowest BCUT2D eigenvalue weighted by molar-refractivity contribution is 0.0937. The van der Waals surface area contributed by atoms with Crippen LogP contribution in [0.15, 0.2) is 36.4 Å². The Morgan fingerprint density at radius 2 is 0.939 bits per heavy atom. The molecule has 0 atom stereocenters.